The van der Waals surface area contributed by atoms with E-state index >= 15 is 0 Å². The molecule has 0 atom stereocenters. The molecular formula is C13H13NO. The predicted molar refractivity (Wildman–Crippen MR) is 60.0 cm³/mol. The first-order chi connectivity index (χ1) is 7.38. The fourth-order valence-electron chi connectivity index (χ4n) is 1.60. The number of aldehydes is 1. The van der Waals surface area contributed by atoms with Crippen LogP contribution in [0.5, 0.6) is 0 Å². The van der Waals surface area contributed by atoms with E-state index in [-0.39, 0.29) is 0 Å². The van der Waals surface area contributed by atoms with Gasteiger partial charge in [-0.05, 0) is 24.5 Å². The molecule has 0 saturated heterocycles. The van der Waals surface area contributed by atoms with E-state index in [1.54, 1.807) is 6.20 Å². The molecule has 2 aromatic rings. The van der Waals surface area contributed by atoms with Crippen molar-refractivity contribution >= 4 is 6.29 Å². The molecule has 0 unspecified atom stereocenters. The van der Waals surface area contributed by atoms with Crippen LogP contribution in [0.15, 0.2) is 42.6 Å². The van der Waals surface area contributed by atoms with Crippen molar-refractivity contribution in [3.05, 3.63) is 59.4 Å². The summed E-state index contributed by atoms with van der Waals surface area (Å²) >= 11 is 0. The third-order valence-electron chi connectivity index (χ3n) is 2.43. The molecule has 1 aromatic heterocycles. The van der Waals surface area contributed by atoms with Crippen LogP contribution in [0.3, 0.4) is 0 Å². The number of carbonyl (C=O) groups excluding carboxylic acids is 1. The molecule has 0 fully saturated rings. The fourth-order valence-corrected chi connectivity index (χ4v) is 1.60. The largest absolute Gasteiger partial charge is 0.364 e. The van der Waals surface area contributed by atoms with E-state index in [1.807, 2.05) is 24.3 Å². The number of aromatic nitrogens is 1. The summed E-state index contributed by atoms with van der Waals surface area (Å²) in [4.78, 5) is 13.6. The van der Waals surface area contributed by atoms with Crippen LogP contribution in [0.2, 0.25) is 0 Å². The third kappa shape index (κ3) is 2.56. The Morgan fingerprint density at radius 1 is 1.13 bits per heavy atom. The molecule has 1 heterocycles. The molecule has 0 spiro atoms. The van der Waals surface area contributed by atoms with Crippen molar-refractivity contribution in [2.45, 2.75) is 12.8 Å². The van der Waals surface area contributed by atoms with Gasteiger partial charge in [0, 0.05) is 17.5 Å². The fraction of sp³-hybridized carbons (Fsp3) is 0.154. The topological polar surface area (TPSA) is 32.9 Å². The number of hydrogen-bond donors (Lipinski definition) is 1. The van der Waals surface area contributed by atoms with Gasteiger partial charge < -0.3 is 4.98 Å². The molecule has 2 nitrogen and oxygen atoms in total. The Hall–Kier alpha value is -1.83. The second-order valence-corrected chi connectivity index (χ2v) is 3.56. The number of aryl methyl sites for hydroxylation is 2. The lowest BCUT2D eigenvalue weighted by molar-refractivity contribution is 0.112. The lowest BCUT2D eigenvalue weighted by atomic mass is 10.1. The molecule has 0 aliphatic carbocycles. The standard InChI is InChI=1S/C13H13NO/c15-10-12-8-13(14-9-12)7-6-11-4-2-1-3-5-11/h1-5,8-10,14H,6-7H2. The Labute approximate surface area is 89.0 Å². The van der Waals surface area contributed by atoms with Gasteiger partial charge in [0.2, 0.25) is 0 Å². The molecule has 76 valence electrons. The van der Waals surface area contributed by atoms with E-state index in [9.17, 15) is 4.79 Å². The Bertz CT molecular complexity index is 431. The first-order valence-corrected chi connectivity index (χ1v) is 5.05. The van der Waals surface area contributed by atoms with Gasteiger partial charge in [-0.3, -0.25) is 4.79 Å². The maximum Gasteiger partial charge on any atom is 0.151 e. The SMILES string of the molecule is O=Cc1c[nH]c(CCc2ccccc2)c1. The quantitative estimate of drug-likeness (QED) is 0.754. The van der Waals surface area contributed by atoms with Crippen molar-refractivity contribution in [3.8, 4) is 0 Å². The Balaban J connectivity index is 1.96. The average molecular weight is 199 g/mol. The van der Waals surface area contributed by atoms with E-state index < -0.39 is 0 Å². The number of carbonyl (C=O) groups is 1. The van der Waals surface area contributed by atoms with Crippen LogP contribution in [0.1, 0.15) is 21.6 Å². The summed E-state index contributed by atoms with van der Waals surface area (Å²) in [6.07, 6.45) is 4.55. The van der Waals surface area contributed by atoms with Crippen molar-refractivity contribution in [1.82, 2.24) is 4.98 Å². The second-order valence-electron chi connectivity index (χ2n) is 3.56. The highest BCUT2D eigenvalue weighted by molar-refractivity contribution is 5.74. The van der Waals surface area contributed by atoms with Crippen LogP contribution in [0, 0.1) is 0 Å². The van der Waals surface area contributed by atoms with E-state index in [0.29, 0.717) is 0 Å². The molecule has 0 amide bonds. The highest BCUT2D eigenvalue weighted by Gasteiger charge is 1.98. The van der Waals surface area contributed by atoms with Crippen molar-refractivity contribution in [3.63, 3.8) is 0 Å². The minimum atomic E-state index is 0.720. The van der Waals surface area contributed by atoms with Gasteiger partial charge in [0.15, 0.2) is 6.29 Å². The van der Waals surface area contributed by atoms with Gasteiger partial charge in [0.25, 0.3) is 0 Å². The Morgan fingerprint density at radius 3 is 2.60 bits per heavy atom. The normalized spacial score (nSPS) is 10.1. The number of nitrogens with one attached hydrogen (secondary N) is 1. The summed E-state index contributed by atoms with van der Waals surface area (Å²) in [6.45, 7) is 0. The van der Waals surface area contributed by atoms with Gasteiger partial charge in [-0.25, -0.2) is 0 Å². The van der Waals surface area contributed by atoms with Crippen molar-refractivity contribution in [2.75, 3.05) is 0 Å². The summed E-state index contributed by atoms with van der Waals surface area (Å²) in [5.74, 6) is 0. The monoisotopic (exact) mass is 199 g/mol. The van der Waals surface area contributed by atoms with Gasteiger partial charge in [-0.2, -0.15) is 0 Å². The van der Waals surface area contributed by atoms with Gasteiger partial charge in [-0.15, -0.1) is 0 Å². The van der Waals surface area contributed by atoms with Crippen LogP contribution in [0.25, 0.3) is 0 Å². The zero-order valence-corrected chi connectivity index (χ0v) is 8.44. The summed E-state index contributed by atoms with van der Waals surface area (Å²) in [5.41, 5.74) is 3.15. The number of aromatic amines is 1. The lowest BCUT2D eigenvalue weighted by Gasteiger charge is -1.98. The summed E-state index contributed by atoms with van der Waals surface area (Å²) < 4.78 is 0. The van der Waals surface area contributed by atoms with Crippen LogP contribution in [0.4, 0.5) is 0 Å². The second kappa shape index (κ2) is 4.60. The first kappa shape index (κ1) is 9.71. The molecule has 0 radical (unpaired) electrons. The van der Waals surface area contributed by atoms with Gasteiger partial charge in [-0.1, -0.05) is 30.3 Å². The highest BCUT2D eigenvalue weighted by Crippen LogP contribution is 2.07. The molecule has 0 bridgehead atoms. The first-order valence-electron chi connectivity index (χ1n) is 5.05. The van der Waals surface area contributed by atoms with Crippen molar-refractivity contribution in [2.24, 2.45) is 0 Å². The molecule has 0 aliphatic rings. The number of H-pyrrole nitrogens is 1. The van der Waals surface area contributed by atoms with E-state index in [2.05, 4.69) is 17.1 Å². The molecule has 1 aromatic carbocycles. The number of rotatable bonds is 4. The third-order valence-corrected chi connectivity index (χ3v) is 2.43. The smallest absolute Gasteiger partial charge is 0.151 e. The molecular weight excluding hydrogens is 186 g/mol. The van der Waals surface area contributed by atoms with Gasteiger partial charge in [0.05, 0.1) is 0 Å². The van der Waals surface area contributed by atoms with E-state index in [0.717, 1.165) is 30.4 Å². The van der Waals surface area contributed by atoms with Crippen LogP contribution < -0.4 is 0 Å². The highest BCUT2D eigenvalue weighted by atomic mass is 16.1. The molecule has 0 saturated carbocycles. The lowest BCUT2D eigenvalue weighted by Crippen LogP contribution is -1.90. The minimum Gasteiger partial charge on any atom is -0.364 e. The maximum atomic E-state index is 10.5. The number of benzene rings is 1. The summed E-state index contributed by atoms with van der Waals surface area (Å²) in [6, 6.07) is 12.2. The Morgan fingerprint density at radius 2 is 1.93 bits per heavy atom. The van der Waals surface area contributed by atoms with Gasteiger partial charge >= 0.3 is 0 Å². The molecule has 1 N–H and O–H groups in total. The zero-order valence-electron chi connectivity index (χ0n) is 8.44. The zero-order chi connectivity index (χ0) is 10.5. The minimum absolute atomic E-state index is 0.720. The molecule has 0 aliphatic heterocycles. The number of hydrogen-bond acceptors (Lipinski definition) is 1. The average Bonchev–Trinajstić information content (AvgIpc) is 2.76. The predicted octanol–water partition coefficient (Wildman–Crippen LogP) is 2.61. The molecule has 15 heavy (non-hydrogen) atoms. The van der Waals surface area contributed by atoms with E-state index in [4.69, 9.17) is 0 Å². The maximum absolute atomic E-state index is 10.5. The molecule has 2 rings (SSSR count). The van der Waals surface area contributed by atoms with Gasteiger partial charge in [0.1, 0.15) is 0 Å². The van der Waals surface area contributed by atoms with Crippen molar-refractivity contribution in [1.29, 1.82) is 0 Å². The van der Waals surface area contributed by atoms with Crippen molar-refractivity contribution < 1.29 is 4.79 Å². The van der Waals surface area contributed by atoms with Crippen LogP contribution in [-0.4, -0.2) is 11.3 Å². The Kier molecular flexibility index (Phi) is 2.98. The summed E-state index contributed by atoms with van der Waals surface area (Å²) in [7, 11) is 0. The van der Waals surface area contributed by atoms with Crippen LogP contribution >= 0.6 is 0 Å². The summed E-state index contributed by atoms with van der Waals surface area (Å²) in [5, 5.41) is 0. The molecule has 2 heteroatoms. The van der Waals surface area contributed by atoms with Crippen LogP contribution in [-0.2, 0) is 12.8 Å². The van der Waals surface area contributed by atoms with E-state index in [1.165, 1.54) is 5.56 Å².